The zero-order valence-electron chi connectivity index (χ0n) is 8.35. The maximum atomic E-state index is 5.95. The molecule has 0 aliphatic rings. The molecule has 0 bridgehead atoms. The standard InChI is InChI=1S/C11H17ClS/c1-3-11(2,9-12)7-6-10-5-4-8-13-10/h4-5,8H,3,6-7,9H2,1-2H3. The third-order valence-electron chi connectivity index (χ3n) is 2.73. The maximum absolute atomic E-state index is 5.95. The van der Waals surface area contributed by atoms with Gasteiger partial charge in [0.1, 0.15) is 0 Å². The zero-order chi connectivity index (χ0) is 9.73. The Labute approximate surface area is 89.9 Å². The minimum Gasteiger partial charge on any atom is -0.149 e. The second-order valence-corrected chi connectivity index (χ2v) is 5.18. The van der Waals surface area contributed by atoms with E-state index in [1.165, 1.54) is 24.1 Å². The molecule has 1 aromatic rings. The summed E-state index contributed by atoms with van der Waals surface area (Å²) >= 11 is 7.79. The van der Waals surface area contributed by atoms with Crippen LogP contribution in [0.5, 0.6) is 0 Å². The van der Waals surface area contributed by atoms with E-state index in [4.69, 9.17) is 11.6 Å². The molecule has 0 spiro atoms. The molecule has 1 heterocycles. The van der Waals surface area contributed by atoms with Gasteiger partial charge in [-0.05, 0) is 36.1 Å². The van der Waals surface area contributed by atoms with Crippen LogP contribution in [0, 0.1) is 5.41 Å². The van der Waals surface area contributed by atoms with Crippen LogP contribution in [0.2, 0.25) is 0 Å². The third-order valence-corrected chi connectivity index (χ3v) is 4.31. The van der Waals surface area contributed by atoms with E-state index in [0.717, 1.165) is 5.88 Å². The Hall–Kier alpha value is -0.0100. The summed E-state index contributed by atoms with van der Waals surface area (Å²) in [4.78, 5) is 1.48. The second-order valence-electron chi connectivity index (χ2n) is 3.88. The highest BCUT2D eigenvalue weighted by Crippen LogP contribution is 2.29. The lowest BCUT2D eigenvalue weighted by Crippen LogP contribution is -2.17. The van der Waals surface area contributed by atoms with E-state index in [9.17, 15) is 0 Å². The average Bonchev–Trinajstić information content (AvgIpc) is 2.67. The molecule has 1 rings (SSSR count). The Morgan fingerprint density at radius 3 is 2.77 bits per heavy atom. The molecule has 13 heavy (non-hydrogen) atoms. The first-order valence-electron chi connectivity index (χ1n) is 4.78. The fourth-order valence-electron chi connectivity index (χ4n) is 1.22. The van der Waals surface area contributed by atoms with Crippen LogP contribution in [0.25, 0.3) is 0 Å². The Kier molecular flexibility index (Phi) is 4.27. The maximum Gasteiger partial charge on any atom is 0.0277 e. The minimum absolute atomic E-state index is 0.325. The lowest BCUT2D eigenvalue weighted by Gasteiger charge is -2.24. The molecule has 0 aliphatic heterocycles. The Morgan fingerprint density at radius 1 is 1.54 bits per heavy atom. The van der Waals surface area contributed by atoms with Gasteiger partial charge in [-0.2, -0.15) is 0 Å². The summed E-state index contributed by atoms with van der Waals surface area (Å²) < 4.78 is 0. The van der Waals surface area contributed by atoms with Gasteiger partial charge in [0.05, 0.1) is 0 Å². The van der Waals surface area contributed by atoms with E-state index < -0.39 is 0 Å². The third kappa shape index (κ3) is 3.32. The van der Waals surface area contributed by atoms with E-state index in [1.807, 2.05) is 11.3 Å². The van der Waals surface area contributed by atoms with Crippen LogP contribution >= 0.6 is 22.9 Å². The molecule has 0 saturated carbocycles. The second kappa shape index (κ2) is 5.02. The monoisotopic (exact) mass is 216 g/mol. The largest absolute Gasteiger partial charge is 0.149 e. The van der Waals surface area contributed by atoms with Crippen molar-refractivity contribution in [1.29, 1.82) is 0 Å². The van der Waals surface area contributed by atoms with Crippen molar-refractivity contribution in [2.24, 2.45) is 5.41 Å². The number of aryl methyl sites for hydroxylation is 1. The van der Waals surface area contributed by atoms with Gasteiger partial charge >= 0.3 is 0 Å². The molecule has 0 N–H and O–H groups in total. The van der Waals surface area contributed by atoms with Crippen LogP contribution in [-0.4, -0.2) is 5.88 Å². The van der Waals surface area contributed by atoms with Crippen LogP contribution in [0.3, 0.4) is 0 Å². The fourth-order valence-corrected chi connectivity index (χ4v) is 2.25. The number of halogens is 1. The van der Waals surface area contributed by atoms with Crippen molar-refractivity contribution in [2.75, 3.05) is 5.88 Å². The highest BCUT2D eigenvalue weighted by atomic mass is 35.5. The van der Waals surface area contributed by atoms with E-state index in [-0.39, 0.29) is 0 Å². The summed E-state index contributed by atoms with van der Waals surface area (Å²) in [7, 11) is 0. The Balaban J connectivity index is 2.41. The fraction of sp³-hybridized carbons (Fsp3) is 0.636. The lowest BCUT2D eigenvalue weighted by molar-refractivity contribution is 0.329. The highest BCUT2D eigenvalue weighted by Gasteiger charge is 2.20. The molecule has 0 fully saturated rings. The molecule has 0 radical (unpaired) electrons. The number of thiophene rings is 1. The molecule has 74 valence electrons. The van der Waals surface area contributed by atoms with Crippen LogP contribution < -0.4 is 0 Å². The SMILES string of the molecule is CCC(C)(CCl)CCc1cccs1. The average molecular weight is 217 g/mol. The molecule has 0 nitrogen and oxygen atoms in total. The summed E-state index contributed by atoms with van der Waals surface area (Å²) in [6.07, 6.45) is 3.55. The molecule has 2 heteroatoms. The van der Waals surface area contributed by atoms with Crippen LogP contribution in [-0.2, 0) is 6.42 Å². The predicted octanol–water partition coefficient (Wildman–Crippen LogP) is 4.34. The summed E-state index contributed by atoms with van der Waals surface area (Å²) in [5.41, 5.74) is 0.325. The first-order valence-corrected chi connectivity index (χ1v) is 6.20. The van der Waals surface area contributed by atoms with Gasteiger partial charge < -0.3 is 0 Å². The summed E-state index contributed by atoms with van der Waals surface area (Å²) in [6, 6.07) is 4.32. The predicted molar refractivity (Wildman–Crippen MR) is 61.8 cm³/mol. The first-order chi connectivity index (χ1) is 6.20. The van der Waals surface area contributed by atoms with Crippen molar-refractivity contribution >= 4 is 22.9 Å². The molecule has 0 aromatic carbocycles. The molecule has 0 aliphatic carbocycles. The van der Waals surface area contributed by atoms with Crippen molar-refractivity contribution in [3.63, 3.8) is 0 Å². The van der Waals surface area contributed by atoms with Gasteiger partial charge in [0.25, 0.3) is 0 Å². The van der Waals surface area contributed by atoms with Gasteiger partial charge in [-0.15, -0.1) is 22.9 Å². The molecule has 0 amide bonds. The van der Waals surface area contributed by atoms with Crippen LogP contribution in [0.15, 0.2) is 17.5 Å². The van der Waals surface area contributed by atoms with Gasteiger partial charge in [-0.25, -0.2) is 0 Å². The molecule has 1 unspecified atom stereocenters. The van der Waals surface area contributed by atoms with Gasteiger partial charge in [0.2, 0.25) is 0 Å². The lowest BCUT2D eigenvalue weighted by atomic mass is 9.85. The molecule has 1 atom stereocenters. The number of rotatable bonds is 5. The number of alkyl halides is 1. The van der Waals surface area contributed by atoms with E-state index in [1.54, 1.807) is 0 Å². The summed E-state index contributed by atoms with van der Waals surface area (Å²) in [5.74, 6) is 0.773. The Bertz CT molecular complexity index is 224. The summed E-state index contributed by atoms with van der Waals surface area (Å²) in [6.45, 7) is 4.49. The highest BCUT2D eigenvalue weighted by molar-refractivity contribution is 7.09. The number of hydrogen-bond donors (Lipinski definition) is 0. The Morgan fingerprint density at radius 2 is 2.31 bits per heavy atom. The van der Waals surface area contributed by atoms with Gasteiger partial charge in [0.15, 0.2) is 0 Å². The van der Waals surface area contributed by atoms with Crippen molar-refractivity contribution < 1.29 is 0 Å². The van der Waals surface area contributed by atoms with Crippen molar-refractivity contribution in [3.05, 3.63) is 22.4 Å². The van der Waals surface area contributed by atoms with Crippen molar-refractivity contribution in [1.82, 2.24) is 0 Å². The quantitative estimate of drug-likeness (QED) is 0.643. The van der Waals surface area contributed by atoms with Crippen LogP contribution in [0.1, 0.15) is 31.6 Å². The summed E-state index contributed by atoms with van der Waals surface area (Å²) in [5, 5.41) is 2.14. The van der Waals surface area contributed by atoms with Gasteiger partial charge in [-0.3, -0.25) is 0 Å². The van der Waals surface area contributed by atoms with E-state index in [0.29, 0.717) is 5.41 Å². The normalized spacial score (nSPS) is 15.6. The van der Waals surface area contributed by atoms with Gasteiger partial charge in [0, 0.05) is 10.8 Å². The topological polar surface area (TPSA) is 0 Å². The molecular weight excluding hydrogens is 200 g/mol. The minimum atomic E-state index is 0.325. The molecule has 1 aromatic heterocycles. The molecular formula is C11H17ClS. The van der Waals surface area contributed by atoms with Gasteiger partial charge in [-0.1, -0.05) is 19.9 Å². The van der Waals surface area contributed by atoms with Crippen molar-refractivity contribution in [3.8, 4) is 0 Å². The van der Waals surface area contributed by atoms with E-state index in [2.05, 4.69) is 31.4 Å². The molecule has 0 saturated heterocycles. The smallest absolute Gasteiger partial charge is 0.0277 e. The van der Waals surface area contributed by atoms with Crippen molar-refractivity contribution in [2.45, 2.75) is 33.1 Å². The first kappa shape index (κ1) is 11.1. The van der Waals surface area contributed by atoms with Crippen LogP contribution in [0.4, 0.5) is 0 Å². The van der Waals surface area contributed by atoms with E-state index >= 15 is 0 Å². The number of hydrogen-bond acceptors (Lipinski definition) is 1. The zero-order valence-corrected chi connectivity index (χ0v) is 9.92.